The van der Waals surface area contributed by atoms with E-state index in [0.717, 1.165) is 23.0 Å². The van der Waals surface area contributed by atoms with Crippen LogP contribution >= 0.6 is 11.3 Å². The lowest BCUT2D eigenvalue weighted by Gasteiger charge is -2.16. The molecule has 0 aliphatic carbocycles. The van der Waals surface area contributed by atoms with E-state index in [4.69, 9.17) is 0 Å². The van der Waals surface area contributed by atoms with Crippen LogP contribution in [-0.4, -0.2) is 23.6 Å². The van der Waals surface area contributed by atoms with Crippen LogP contribution in [0.15, 0.2) is 52.6 Å². The third-order valence-electron chi connectivity index (χ3n) is 5.40. The van der Waals surface area contributed by atoms with E-state index in [2.05, 4.69) is 30.5 Å². The summed E-state index contributed by atoms with van der Waals surface area (Å²) in [6.07, 6.45) is 1.52. The zero-order valence-corrected chi connectivity index (χ0v) is 18.1. The molecule has 2 unspecified atom stereocenters. The number of hydrogen-bond donors (Lipinski definition) is 1. The molecule has 0 fully saturated rings. The smallest absolute Gasteiger partial charge is 0.306 e. The van der Waals surface area contributed by atoms with Crippen LogP contribution in [0.1, 0.15) is 36.9 Å². The second kappa shape index (κ2) is 8.26. The molecule has 0 aliphatic rings. The maximum Gasteiger partial charge on any atom is 0.329 e. The SMILES string of the molecule is CCCC(CS(=O)O)n1c(=O)n(Cc2csc3cccc(C)c23)c2ccccc21. The lowest BCUT2D eigenvalue weighted by atomic mass is 10.1. The Morgan fingerprint density at radius 3 is 2.62 bits per heavy atom. The van der Waals surface area contributed by atoms with Crippen molar-refractivity contribution in [2.75, 3.05) is 5.75 Å². The van der Waals surface area contributed by atoms with Gasteiger partial charge in [0.25, 0.3) is 0 Å². The summed E-state index contributed by atoms with van der Waals surface area (Å²) in [7, 11) is 0. The number of imidazole rings is 1. The predicted octanol–water partition coefficient (Wildman–Crippen LogP) is 4.94. The van der Waals surface area contributed by atoms with Gasteiger partial charge in [-0.05, 0) is 48.1 Å². The molecular weight excluding hydrogens is 404 g/mol. The minimum absolute atomic E-state index is 0.0578. The predicted molar refractivity (Wildman–Crippen MR) is 121 cm³/mol. The fourth-order valence-corrected chi connectivity index (χ4v) is 5.83. The largest absolute Gasteiger partial charge is 0.329 e. The maximum absolute atomic E-state index is 13.5. The van der Waals surface area contributed by atoms with Crippen LogP contribution in [0, 0.1) is 6.92 Å². The molecule has 152 valence electrons. The van der Waals surface area contributed by atoms with E-state index in [9.17, 15) is 13.6 Å². The summed E-state index contributed by atoms with van der Waals surface area (Å²) in [5.74, 6) is 0.0578. The zero-order valence-electron chi connectivity index (χ0n) is 16.5. The van der Waals surface area contributed by atoms with Crippen LogP contribution in [0.2, 0.25) is 0 Å². The summed E-state index contributed by atoms with van der Waals surface area (Å²) < 4.78 is 25.8. The Balaban J connectivity index is 1.88. The number of rotatable bonds is 7. The van der Waals surface area contributed by atoms with Crippen LogP contribution in [-0.2, 0) is 17.6 Å². The molecule has 4 aromatic rings. The number of aromatic nitrogens is 2. The summed E-state index contributed by atoms with van der Waals surface area (Å²) in [6.45, 7) is 4.61. The number of nitrogens with zero attached hydrogens (tertiary/aromatic N) is 2. The van der Waals surface area contributed by atoms with Crippen molar-refractivity contribution in [3.8, 4) is 0 Å². The molecule has 2 atom stereocenters. The highest BCUT2D eigenvalue weighted by molar-refractivity contribution is 7.79. The highest BCUT2D eigenvalue weighted by Crippen LogP contribution is 2.30. The molecule has 7 heteroatoms. The highest BCUT2D eigenvalue weighted by atomic mass is 32.2. The summed E-state index contributed by atoms with van der Waals surface area (Å²) in [6, 6.07) is 13.7. The average molecular weight is 429 g/mol. The van der Waals surface area contributed by atoms with Crippen LogP contribution in [0.25, 0.3) is 21.1 Å². The second-order valence-corrected chi connectivity index (χ2v) is 9.25. The Kier molecular flexibility index (Phi) is 5.72. The molecule has 0 spiro atoms. The van der Waals surface area contributed by atoms with Gasteiger partial charge in [-0.1, -0.05) is 37.6 Å². The number of thiophene rings is 1. The number of hydrogen-bond acceptors (Lipinski definition) is 3. The van der Waals surface area contributed by atoms with Crippen molar-refractivity contribution in [3.63, 3.8) is 0 Å². The fraction of sp³-hybridized carbons (Fsp3) is 0.318. The van der Waals surface area contributed by atoms with Crippen molar-refractivity contribution in [2.24, 2.45) is 0 Å². The third-order valence-corrected chi connectivity index (χ3v) is 7.07. The molecule has 0 amide bonds. The number of para-hydroxylation sites is 2. The molecular formula is C22H24N2O3S2. The van der Waals surface area contributed by atoms with Gasteiger partial charge < -0.3 is 4.55 Å². The highest BCUT2D eigenvalue weighted by Gasteiger charge is 2.22. The lowest BCUT2D eigenvalue weighted by Crippen LogP contribution is -2.30. The van der Waals surface area contributed by atoms with Crippen LogP contribution in [0.4, 0.5) is 0 Å². The first-order valence-corrected chi connectivity index (χ1v) is 11.9. The van der Waals surface area contributed by atoms with E-state index >= 15 is 0 Å². The topological polar surface area (TPSA) is 64.2 Å². The lowest BCUT2D eigenvalue weighted by molar-refractivity contribution is 0.476. The van der Waals surface area contributed by atoms with Gasteiger partial charge in [-0.15, -0.1) is 11.3 Å². The fourth-order valence-electron chi connectivity index (χ4n) is 4.15. The Morgan fingerprint density at radius 1 is 1.14 bits per heavy atom. The Bertz CT molecular complexity index is 1250. The average Bonchev–Trinajstić information content (AvgIpc) is 3.22. The van der Waals surface area contributed by atoms with Crippen LogP contribution in [0.5, 0.6) is 0 Å². The molecule has 5 nitrogen and oxygen atoms in total. The first-order valence-electron chi connectivity index (χ1n) is 9.74. The molecule has 29 heavy (non-hydrogen) atoms. The summed E-state index contributed by atoms with van der Waals surface area (Å²) in [5.41, 5.74) is 3.89. The van der Waals surface area contributed by atoms with E-state index < -0.39 is 11.1 Å². The second-order valence-electron chi connectivity index (χ2n) is 7.37. The zero-order chi connectivity index (χ0) is 20.5. The van der Waals surface area contributed by atoms with Crippen LogP contribution in [0.3, 0.4) is 0 Å². The number of fused-ring (bicyclic) bond motifs is 2. The summed E-state index contributed by atoms with van der Waals surface area (Å²) in [4.78, 5) is 13.5. The minimum atomic E-state index is -1.96. The minimum Gasteiger partial charge on any atom is -0.306 e. The van der Waals surface area contributed by atoms with E-state index in [-0.39, 0.29) is 17.5 Å². The molecule has 0 aliphatic heterocycles. The van der Waals surface area contributed by atoms with Crippen molar-refractivity contribution in [3.05, 3.63) is 69.5 Å². The van der Waals surface area contributed by atoms with Gasteiger partial charge in [0.1, 0.15) is 0 Å². The van der Waals surface area contributed by atoms with Crippen molar-refractivity contribution in [2.45, 2.75) is 39.3 Å². The Labute approximate surface area is 175 Å². The molecule has 2 aromatic heterocycles. The van der Waals surface area contributed by atoms with Crippen molar-refractivity contribution in [1.29, 1.82) is 0 Å². The standard InChI is InChI=1S/C22H24N2O3S2/c1-3-7-17(14-29(26)27)24-19-10-5-4-9-18(19)23(22(24)25)12-16-13-28-20-11-6-8-15(2)21(16)20/h4-6,8-11,13,17H,3,7,12,14H2,1-2H3,(H,26,27). The first-order chi connectivity index (χ1) is 14.0. The van der Waals surface area contributed by atoms with E-state index in [0.29, 0.717) is 13.0 Å². The molecule has 2 heterocycles. The van der Waals surface area contributed by atoms with Crippen molar-refractivity contribution in [1.82, 2.24) is 9.13 Å². The van der Waals surface area contributed by atoms with E-state index in [1.54, 1.807) is 20.5 Å². The summed E-state index contributed by atoms with van der Waals surface area (Å²) >= 11 is -0.267. The van der Waals surface area contributed by atoms with Gasteiger partial charge in [-0.25, -0.2) is 9.00 Å². The number of benzene rings is 2. The van der Waals surface area contributed by atoms with Crippen molar-refractivity contribution < 1.29 is 8.76 Å². The molecule has 0 bridgehead atoms. The van der Waals surface area contributed by atoms with E-state index in [1.165, 1.54) is 15.6 Å². The quantitative estimate of drug-likeness (QED) is 0.424. The number of aryl methyl sites for hydroxylation is 1. The molecule has 4 rings (SSSR count). The normalized spacial score (nSPS) is 13.9. The molecule has 0 saturated heterocycles. The van der Waals surface area contributed by atoms with Gasteiger partial charge in [0.2, 0.25) is 0 Å². The van der Waals surface area contributed by atoms with E-state index in [1.807, 2.05) is 31.2 Å². The maximum atomic E-state index is 13.5. The van der Waals surface area contributed by atoms with Gasteiger partial charge >= 0.3 is 5.69 Å². The van der Waals surface area contributed by atoms with Gasteiger partial charge in [-0.3, -0.25) is 9.13 Å². The van der Waals surface area contributed by atoms with Gasteiger partial charge in [-0.2, -0.15) is 0 Å². The molecule has 1 N–H and O–H groups in total. The van der Waals surface area contributed by atoms with Crippen molar-refractivity contribution >= 4 is 43.5 Å². The third kappa shape index (κ3) is 3.70. The van der Waals surface area contributed by atoms with Gasteiger partial charge in [0.15, 0.2) is 11.1 Å². The Hall–Kier alpha value is -2.22. The molecule has 0 radical (unpaired) electrons. The molecule has 0 saturated carbocycles. The van der Waals surface area contributed by atoms with Crippen LogP contribution < -0.4 is 5.69 Å². The summed E-state index contributed by atoms with van der Waals surface area (Å²) in [5, 5.41) is 3.34. The van der Waals surface area contributed by atoms with Gasteiger partial charge in [0.05, 0.1) is 29.4 Å². The Morgan fingerprint density at radius 2 is 1.90 bits per heavy atom. The molecule has 2 aromatic carbocycles. The van der Waals surface area contributed by atoms with Gasteiger partial charge in [0, 0.05) is 10.1 Å². The monoisotopic (exact) mass is 428 g/mol. The first kappa shape index (κ1) is 20.1.